The van der Waals surface area contributed by atoms with Gasteiger partial charge in [-0.25, -0.2) is 4.39 Å². The summed E-state index contributed by atoms with van der Waals surface area (Å²) in [6, 6.07) is 6.31. The van der Waals surface area contributed by atoms with Crippen LogP contribution in [0.3, 0.4) is 0 Å². The molecule has 1 aliphatic rings. The second-order valence-electron chi connectivity index (χ2n) is 4.75. The summed E-state index contributed by atoms with van der Waals surface area (Å²) in [5, 5.41) is 8.79. The number of nitriles is 1. The third-order valence-electron chi connectivity index (χ3n) is 3.07. The van der Waals surface area contributed by atoms with Crippen LogP contribution in [-0.2, 0) is 4.74 Å². The van der Waals surface area contributed by atoms with Gasteiger partial charge in [-0.05, 0) is 37.0 Å². The molecule has 1 fully saturated rings. The lowest BCUT2D eigenvalue weighted by Crippen LogP contribution is -2.23. The molecule has 4 heteroatoms. The monoisotopic (exact) mass is 248 g/mol. The quantitative estimate of drug-likeness (QED) is 0.726. The van der Waals surface area contributed by atoms with Gasteiger partial charge in [-0.2, -0.15) is 5.26 Å². The van der Waals surface area contributed by atoms with Crippen LogP contribution in [0.1, 0.15) is 18.4 Å². The topological polar surface area (TPSA) is 36.3 Å². The van der Waals surface area contributed by atoms with E-state index in [0.717, 1.165) is 12.5 Å². The molecule has 0 atom stereocenters. The Hall–Kier alpha value is -1.60. The van der Waals surface area contributed by atoms with E-state index < -0.39 is 0 Å². The Morgan fingerprint density at radius 2 is 2.22 bits per heavy atom. The fourth-order valence-electron chi connectivity index (χ4n) is 1.72. The Labute approximate surface area is 107 Å². The first-order valence-electron chi connectivity index (χ1n) is 6.18. The number of hydrogen-bond acceptors (Lipinski definition) is 3. The number of rotatable bonds is 6. The number of ether oxygens (including phenoxy) is 1. The SMILES string of the molecule is CN(CCOCC1CC1)c1cc(F)cc(C#N)c1. The van der Waals surface area contributed by atoms with Crippen molar-refractivity contribution in [3.8, 4) is 6.07 Å². The summed E-state index contributed by atoms with van der Waals surface area (Å²) in [5.41, 5.74) is 1.05. The smallest absolute Gasteiger partial charge is 0.126 e. The molecule has 0 saturated heterocycles. The lowest BCUT2D eigenvalue weighted by atomic mass is 10.2. The maximum atomic E-state index is 13.3. The van der Waals surface area contributed by atoms with Gasteiger partial charge in [0.2, 0.25) is 0 Å². The molecule has 0 unspecified atom stereocenters. The molecule has 1 aliphatic carbocycles. The van der Waals surface area contributed by atoms with Crippen molar-refractivity contribution in [2.45, 2.75) is 12.8 Å². The Morgan fingerprint density at radius 1 is 1.44 bits per heavy atom. The molecular formula is C14H17FN2O. The van der Waals surface area contributed by atoms with Crippen molar-refractivity contribution in [2.75, 3.05) is 31.7 Å². The third-order valence-corrected chi connectivity index (χ3v) is 3.07. The van der Waals surface area contributed by atoms with Gasteiger partial charge in [0.05, 0.1) is 18.2 Å². The van der Waals surface area contributed by atoms with Crippen molar-refractivity contribution in [2.24, 2.45) is 5.92 Å². The molecule has 0 bridgehead atoms. The van der Waals surface area contributed by atoms with E-state index in [9.17, 15) is 4.39 Å². The molecule has 1 aromatic carbocycles. The van der Waals surface area contributed by atoms with Crippen molar-refractivity contribution in [3.05, 3.63) is 29.6 Å². The molecule has 1 aromatic rings. The van der Waals surface area contributed by atoms with Crippen LogP contribution in [0.4, 0.5) is 10.1 Å². The van der Waals surface area contributed by atoms with Crippen LogP contribution in [0.5, 0.6) is 0 Å². The van der Waals surface area contributed by atoms with Crippen LogP contribution in [0.15, 0.2) is 18.2 Å². The highest BCUT2D eigenvalue weighted by Crippen LogP contribution is 2.28. The number of likely N-dealkylation sites (N-methyl/N-ethyl adjacent to an activating group) is 1. The van der Waals surface area contributed by atoms with Crippen molar-refractivity contribution >= 4 is 5.69 Å². The molecule has 0 spiro atoms. The van der Waals surface area contributed by atoms with Crippen LogP contribution < -0.4 is 4.90 Å². The molecule has 1 saturated carbocycles. The van der Waals surface area contributed by atoms with E-state index in [4.69, 9.17) is 10.00 Å². The zero-order valence-corrected chi connectivity index (χ0v) is 10.5. The Morgan fingerprint density at radius 3 is 2.89 bits per heavy atom. The van der Waals surface area contributed by atoms with E-state index in [1.165, 1.54) is 25.0 Å². The predicted octanol–water partition coefficient (Wildman–Crippen LogP) is 2.56. The van der Waals surface area contributed by atoms with Gasteiger partial charge in [0, 0.05) is 25.9 Å². The fourth-order valence-corrected chi connectivity index (χ4v) is 1.72. The first kappa shape index (κ1) is 12.8. The number of anilines is 1. The molecule has 2 rings (SSSR count). The van der Waals surface area contributed by atoms with Crippen LogP contribution in [0.2, 0.25) is 0 Å². The number of benzene rings is 1. The van der Waals surface area contributed by atoms with E-state index in [-0.39, 0.29) is 5.82 Å². The predicted molar refractivity (Wildman–Crippen MR) is 67.9 cm³/mol. The third kappa shape index (κ3) is 3.71. The first-order chi connectivity index (χ1) is 8.69. The number of nitrogens with zero attached hydrogens (tertiary/aromatic N) is 2. The summed E-state index contributed by atoms with van der Waals surface area (Å²) in [4.78, 5) is 1.90. The minimum Gasteiger partial charge on any atom is -0.379 e. The Balaban J connectivity index is 1.84. The molecule has 0 aliphatic heterocycles. The maximum absolute atomic E-state index is 13.3. The standard InChI is InChI=1S/C14H17FN2O/c1-17(4-5-18-10-11-2-3-11)14-7-12(9-16)6-13(15)8-14/h6-8,11H,2-5,10H2,1H3. The van der Waals surface area contributed by atoms with Gasteiger partial charge in [0.15, 0.2) is 0 Å². The molecule has 0 heterocycles. The van der Waals surface area contributed by atoms with E-state index in [0.29, 0.717) is 24.4 Å². The van der Waals surface area contributed by atoms with E-state index in [1.54, 1.807) is 6.07 Å². The molecule has 96 valence electrons. The summed E-state index contributed by atoms with van der Waals surface area (Å²) >= 11 is 0. The molecule has 0 radical (unpaired) electrons. The van der Waals surface area contributed by atoms with Crippen molar-refractivity contribution in [3.63, 3.8) is 0 Å². The summed E-state index contributed by atoms with van der Waals surface area (Å²) in [6.45, 7) is 2.16. The Bertz CT molecular complexity index is 452. The molecule has 0 amide bonds. The average Bonchev–Trinajstić information content (AvgIpc) is 3.17. The second kappa shape index (κ2) is 5.83. The van der Waals surface area contributed by atoms with Crippen molar-refractivity contribution < 1.29 is 9.13 Å². The van der Waals surface area contributed by atoms with Gasteiger partial charge in [0.1, 0.15) is 5.82 Å². The highest BCUT2D eigenvalue weighted by atomic mass is 19.1. The minimum atomic E-state index is -0.380. The maximum Gasteiger partial charge on any atom is 0.126 e. The van der Waals surface area contributed by atoms with Crippen LogP contribution >= 0.6 is 0 Å². The summed E-state index contributed by atoms with van der Waals surface area (Å²) < 4.78 is 18.8. The van der Waals surface area contributed by atoms with Gasteiger partial charge < -0.3 is 9.64 Å². The Kier molecular flexibility index (Phi) is 4.16. The van der Waals surface area contributed by atoms with Gasteiger partial charge in [-0.3, -0.25) is 0 Å². The lowest BCUT2D eigenvalue weighted by Gasteiger charge is -2.19. The molecule has 18 heavy (non-hydrogen) atoms. The zero-order chi connectivity index (χ0) is 13.0. The first-order valence-corrected chi connectivity index (χ1v) is 6.18. The lowest BCUT2D eigenvalue weighted by molar-refractivity contribution is 0.131. The van der Waals surface area contributed by atoms with E-state index in [1.807, 2.05) is 18.0 Å². The number of hydrogen-bond donors (Lipinski definition) is 0. The minimum absolute atomic E-state index is 0.343. The van der Waals surface area contributed by atoms with Gasteiger partial charge in [0.25, 0.3) is 0 Å². The van der Waals surface area contributed by atoms with Gasteiger partial charge >= 0.3 is 0 Å². The highest BCUT2D eigenvalue weighted by molar-refractivity contribution is 5.51. The van der Waals surface area contributed by atoms with Crippen molar-refractivity contribution in [1.29, 1.82) is 5.26 Å². The molecule has 0 N–H and O–H groups in total. The zero-order valence-electron chi connectivity index (χ0n) is 10.5. The summed E-state index contributed by atoms with van der Waals surface area (Å²) in [5.74, 6) is 0.379. The van der Waals surface area contributed by atoms with Crippen molar-refractivity contribution in [1.82, 2.24) is 0 Å². The summed E-state index contributed by atoms with van der Waals surface area (Å²) in [7, 11) is 1.87. The van der Waals surface area contributed by atoms with Crippen LogP contribution in [0, 0.1) is 23.1 Å². The van der Waals surface area contributed by atoms with E-state index in [2.05, 4.69) is 0 Å². The molecular weight excluding hydrogens is 231 g/mol. The fraction of sp³-hybridized carbons (Fsp3) is 0.500. The van der Waals surface area contributed by atoms with Gasteiger partial charge in [-0.1, -0.05) is 0 Å². The molecule has 0 aromatic heterocycles. The highest BCUT2D eigenvalue weighted by Gasteiger charge is 2.20. The largest absolute Gasteiger partial charge is 0.379 e. The van der Waals surface area contributed by atoms with E-state index >= 15 is 0 Å². The number of halogens is 1. The van der Waals surface area contributed by atoms with Gasteiger partial charge in [-0.15, -0.1) is 0 Å². The van der Waals surface area contributed by atoms with Crippen LogP contribution in [-0.4, -0.2) is 26.8 Å². The normalized spacial score (nSPS) is 14.3. The summed E-state index contributed by atoms with van der Waals surface area (Å²) in [6.07, 6.45) is 2.57. The average molecular weight is 248 g/mol. The molecule has 3 nitrogen and oxygen atoms in total. The second-order valence-corrected chi connectivity index (χ2v) is 4.75. The van der Waals surface area contributed by atoms with Crippen LogP contribution in [0.25, 0.3) is 0 Å².